The Morgan fingerprint density at radius 3 is 2.63 bits per heavy atom. The van der Waals surface area contributed by atoms with Gasteiger partial charge in [-0.1, -0.05) is 31.7 Å². The number of carbonyl (C=O) groups excluding carboxylic acids is 2. The van der Waals surface area contributed by atoms with E-state index in [0.29, 0.717) is 29.3 Å². The monoisotopic (exact) mass is 576 g/mol. The van der Waals surface area contributed by atoms with Crippen LogP contribution in [0, 0.1) is 5.92 Å². The van der Waals surface area contributed by atoms with Gasteiger partial charge in [0.15, 0.2) is 0 Å². The van der Waals surface area contributed by atoms with Crippen molar-refractivity contribution in [2.75, 3.05) is 36.9 Å². The molecule has 3 aliphatic heterocycles. The second kappa shape index (κ2) is 12.9. The molecule has 220 valence electrons. The lowest BCUT2D eigenvalue weighted by atomic mass is 9.91. The van der Waals surface area contributed by atoms with Gasteiger partial charge < -0.3 is 14.6 Å². The molecule has 3 aromatic rings. The van der Waals surface area contributed by atoms with E-state index in [2.05, 4.69) is 31.6 Å². The first-order valence-corrected chi connectivity index (χ1v) is 17.7. The lowest BCUT2D eigenvalue weighted by molar-refractivity contribution is -0.134. The lowest BCUT2D eigenvalue weighted by Crippen LogP contribution is -2.48. The van der Waals surface area contributed by atoms with Crippen LogP contribution in [0.5, 0.6) is 0 Å². The number of unbranched alkanes of at least 4 members (excludes halogenated alkanes) is 1. The van der Waals surface area contributed by atoms with Crippen molar-refractivity contribution in [2.24, 2.45) is 5.92 Å². The smallest absolute Gasteiger partial charge is 0.252 e. The summed E-state index contributed by atoms with van der Waals surface area (Å²) in [6, 6.07) is 7.88. The van der Waals surface area contributed by atoms with E-state index in [4.69, 9.17) is 0 Å². The Balaban J connectivity index is 0.944. The van der Waals surface area contributed by atoms with Gasteiger partial charge in [-0.05, 0) is 73.3 Å². The van der Waals surface area contributed by atoms with Gasteiger partial charge in [0.2, 0.25) is 5.91 Å². The fourth-order valence-electron chi connectivity index (χ4n) is 7.08. The molecule has 0 aromatic carbocycles. The van der Waals surface area contributed by atoms with Gasteiger partial charge in [-0.25, -0.2) is 15.0 Å². The first kappa shape index (κ1) is 28.2. The zero-order valence-electron chi connectivity index (χ0n) is 24.0. The molecule has 9 heteroatoms. The molecule has 0 bridgehead atoms. The number of carbonyl (C=O) groups is 2. The van der Waals surface area contributed by atoms with Crippen LogP contribution in [0.3, 0.4) is 0 Å². The summed E-state index contributed by atoms with van der Waals surface area (Å²) < 4.78 is 1.87. The molecular formula is C32H44N6O2S. The third-order valence-corrected chi connectivity index (χ3v) is 14.0. The molecule has 6 heterocycles. The van der Waals surface area contributed by atoms with Gasteiger partial charge in [-0.2, -0.15) is 0 Å². The largest absolute Gasteiger partial charge is 0.352 e. The summed E-state index contributed by atoms with van der Waals surface area (Å²) in [6.07, 6.45) is 19.9. The number of nitrogens with one attached hydrogen (secondary N) is 2. The highest BCUT2D eigenvalue weighted by atomic mass is 32.3. The minimum absolute atomic E-state index is 0.0359. The van der Waals surface area contributed by atoms with E-state index in [1.54, 1.807) is 6.20 Å². The zero-order valence-corrected chi connectivity index (χ0v) is 24.9. The first-order chi connectivity index (χ1) is 20.1. The number of rotatable bonds is 8. The summed E-state index contributed by atoms with van der Waals surface area (Å²) in [5, 5.41) is 7.20. The standard InChI is InChI=1S/C32H44N6O2S/c39-30(27-10-11-29-34-16-19-38(29)23-27)35-15-4-3-8-25-12-17-37(18-13-25)32(40)28-24-41(20-5-1-2-6-21-41)31(36-28)26-9-7-14-33-22-26/h7,9-11,14,16,19,22-23,25,28,31,36H,1-6,8,12-13,15,17-18,20-21,24H2,(H,35,39). The summed E-state index contributed by atoms with van der Waals surface area (Å²) in [6.45, 7) is 2.43. The van der Waals surface area contributed by atoms with Gasteiger partial charge in [-0.15, -0.1) is 0 Å². The molecule has 2 amide bonds. The number of fused-ring (bicyclic) bond motifs is 1. The fraction of sp³-hybridized carbons (Fsp3) is 0.562. The number of imidazole rings is 1. The predicted octanol–water partition coefficient (Wildman–Crippen LogP) is 4.92. The molecule has 6 rings (SSSR count). The van der Waals surface area contributed by atoms with Crippen LogP contribution in [-0.4, -0.2) is 74.0 Å². The van der Waals surface area contributed by atoms with Gasteiger partial charge >= 0.3 is 0 Å². The van der Waals surface area contributed by atoms with Crippen molar-refractivity contribution in [1.82, 2.24) is 29.9 Å². The zero-order chi connectivity index (χ0) is 28.1. The van der Waals surface area contributed by atoms with Crippen molar-refractivity contribution in [3.63, 3.8) is 0 Å². The number of likely N-dealkylation sites (tertiary alicyclic amines) is 1. The van der Waals surface area contributed by atoms with Crippen molar-refractivity contribution < 1.29 is 9.59 Å². The van der Waals surface area contributed by atoms with Gasteiger partial charge in [0.1, 0.15) is 5.65 Å². The summed E-state index contributed by atoms with van der Waals surface area (Å²) in [5.74, 6) is 4.55. The molecule has 3 aromatic heterocycles. The minimum atomic E-state index is -0.917. The van der Waals surface area contributed by atoms with Crippen molar-refractivity contribution in [3.8, 4) is 0 Å². The van der Waals surface area contributed by atoms with E-state index in [0.717, 1.165) is 56.6 Å². The van der Waals surface area contributed by atoms with Crippen LogP contribution in [0.1, 0.15) is 79.1 Å². The third kappa shape index (κ3) is 6.46. The summed E-state index contributed by atoms with van der Waals surface area (Å²) in [5.41, 5.74) is 2.77. The molecule has 3 aliphatic rings. The van der Waals surface area contributed by atoms with E-state index < -0.39 is 10.0 Å². The van der Waals surface area contributed by atoms with Crippen LogP contribution in [0.25, 0.3) is 5.65 Å². The van der Waals surface area contributed by atoms with E-state index >= 15 is 0 Å². The number of aromatic nitrogens is 3. The second-order valence-electron chi connectivity index (χ2n) is 12.1. The van der Waals surface area contributed by atoms with Gasteiger partial charge in [0.25, 0.3) is 5.91 Å². The highest BCUT2D eigenvalue weighted by molar-refractivity contribution is 8.34. The average Bonchev–Trinajstić information content (AvgIpc) is 3.56. The number of nitrogens with zero attached hydrogens (tertiary/aromatic N) is 4. The molecule has 1 spiro atoms. The lowest BCUT2D eigenvalue weighted by Gasteiger charge is -2.40. The minimum Gasteiger partial charge on any atom is -0.352 e. The molecule has 8 nitrogen and oxygen atoms in total. The van der Waals surface area contributed by atoms with Crippen LogP contribution in [0.4, 0.5) is 0 Å². The maximum Gasteiger partial charge on any atom is 0.252 e. The summed E-state index contributed by atoms with van der Waals surface area (Å²) >= 11 is 0. The quantitative estimate of drug-likeness (QED) is 0.372. The molecule has 0 aliphatic carbocycles. The van der Waals surface area contributed by atoms with Crippen LogP contribution < -0.4 is 10.6 Å². The van der Waals surface area contributed by atoms with E-state index in [-0.39, 0.29) is 11.9 Å². The normalized spacial score (nSPS) is 23.9. The number of hydrogen-bond donors (Lipinski definition) is 2. The fourth-order valence-corrected chi connectivity index (χ4v) is 11.9. The molecule has 0 radical (unpaired) electrons. The SMILES string of the molecule is O=C(NCCCCC1CCN(C(=O)C2CS3(CCCCCC3)C(c3cccnc3)N2)CC1)c1ccc2nccn2c1. The molecule has 2 atom stereocenters. The number of pyridine rings is 2. The Kier molecular flexibility index (Phi) is 8.91. The van der Waals surface area contributed by atoms with E-state index in [9.17, 15) is 9.59 Å². The van der Waals surface area contributed by atoms with Crippen molar-refractivity contribution in [1.29, 1.82) is 0 Å². The highest BCUT2D eigenvalue weighted by Crippen LogP contribution is 2.64. The van der Waals surface area contributed by atoms with Gasteiger partial charge in [-0.3, -0.25) is 19.9 Å². The molecule has 2 unspecified atom stereocenters. The first-order valence-electron chi connectivity index (χ1n) is 15.5. The highest BCUT2D eigenvalue weighted by Gasteiger charge is 2.46. The molecule has 0 saturated carbocycles. The number of hydrogen-bond acceptors (Lipinski definition) is 5. The maximum absolute atomic E-state index is 13.7. The Morgan fingerprint density at radius 2 is 1.85 bits per heavy atom. The molecule has 3 fully saturated rings. The van der Waals surface area contributed by atoms with E-state index in [1.165, 1.54) is 42.8 Å². The summed E-state index contributed by atoms with van der Waals surface area (Å²) in [4.78, 5) is 37.0. The number of piperidine rings is 1. The maximum atomic E-state index is 13.7. The molecule has 41 heavy (non-hydrogen) atoms. The Morgan fingerprint density at radius 1 is 1.02 bits per heavy atom. The van der Waals surface area contributed by atoms with E-state index in [1.807, 2.05) is 47.4 Å². The van der Waals surface area contributed by atoms with Gasteiger partial charge in [0.05, 0.1) is 17.0 Å². The van der Waals surface area contributed by atoms with Crippen molar-refractivity contribution in [3.05, 3.63) is 66.4 Å². The van der Waals surface area contributed by atoms with Crippen molar-refractivity contribution in [2.45, 2.75) is 69.2 Å². The van der Waals surface area contributed by atoms with Crippen LogP contribution in [-0.2, 0) is 4.79 Å². The Hall–Kier alpha value is -2.91. The molecule has 3 saturated heterocycles. The van der Waals surface area contributed by atoms with Crippen LogP contribution in [0.15, 0.2) is 55.2 Å². The average molecular weight is 577 g/mol. The van der Waals surface area contributed by atoms with Gasteiger partial charge in [0, 0.05) is 56.4 Å². The summed E-state index contributed by atoms with van der Waals surface area (Å²) in [7, 11) is -0.917. The van der Waals surface area contributed by atoms with Crippen LogP contribution in [0.2, 0.25) is 0 Å². The number of amides is 2. The van der Waals surface area contributed by atoms with Crippen molar-refractivity contribution >= 4 is 27.5 Å². The second-order valence-corrected chi connectivity index (χ2v) is 16.0. The Bertz CT molecular complexity index is 1310. The van der Waals surface area contributed by atoms with Crippen LogP contribution >= 0.6 is 10.0 Å². The molecule has 2 N–H and O–H groups in total. The predicted molar refractivity (Wildman–Crippen MR) is 165 cm³/mol. The third-order valence-electron chi connectivity index (χ3n) is 9.39. The molecular weight excluding hydrogens is 532 g/mol. The Labute approximate surface area is 245 Å². The topological polar surface area (TPSA) is 91.6 Å².